The van der Waals surface area contributed by atoms with Gasteiger partial charge in [0.2, 0.25) is 23.6 Å². The van der Waals surface area contributed by atoms with E-state index < -0.39 is 60.2 Å². The van der Waals surface area contributed by atoms with E-state index in [0.717, 1.165) is 12.0 Å². The number of rotatable bonds is 21. The molecule has 4 amide bonds. The van der Waals surface area contributed by atoms with Crippen LogP contribution in [0.25, 0.3) is 0 Å². The van der Waals surface area contributed by atoms with Crippen LogP contribution in [0.1, 0.15) is 79.7 Å². The van der Waals surface area contributed by atoms with Crippen molar-refractivity contribution in [2.45, 2.75) is 123 Å². The Bertz CT molecular complexity index is 1330. The van der Waals surface area contributed by atoms with Crippen molar-refractivity contribution >= 4 is 29.6 Å². The van der Waals surface area contributed by atoms with Crippen molar-refractivity contribution in [2.75, 3.05) is 41.9 Å². The Labute approximate surface area is 317 Å². The van der Waals surface area contributed by atoms with Gasteiger partial charge in [0.05, 0.1) is 42.7 Å². The van der Waals surface area contributed by atoms with E-state index in [4.69, 9.17) is 9.47 Å². The third kappa shape index (κ3) is 12.2. The van der Waals surface area contributed by atoms with Gasteiger partial charge in [-0.1, -0.05) is 85.2 Å². The third-order valence-corrected chi connectivity index (χ3v) is 10.8. The average Bonchev–Trinajstić information content (AvgIpc) is 3.59. The lowest BCUT2D eigenvalue weighted by atomic mass is 9.89. The van der Waals surface area contributed by atoms with Crippen LogP contribution >= 0.6 is 0 Å². The number of carbonyl (C=O) groups is 5. The molecule has 3 N–H and O–H groups in total. The van der Waals surface area contributed by atoms with Gasteiger partial charge < -0.3 is 35.0 Å². The van der Waals surface area contributed by atoms with Crippen molar-refractivity contribution in [2.24, 2.45) is 23.7 Å². The quantitative estimate of drug-likeness (QED) is 0.172. The molecule has 53 heavy (non-hydrogen) atoms. The van der Waals surface area contributed by atoms with Gasteiger partial charge in [-0.2, -0.15) is 0 Å². The summed E-state index contributed by atoms with van der Waals surface area (Å²) in [5.41, 5.74) is 0.785. The molecule has 1 aliphatic heterocycles. The first kappa shape index (κ1) is 45.6. The Kier molecular flexibility index (Phi) is 18.4. The molecule has 1 fully saturated rings. The van der Waals surface area contributed by atoms with E-state index in [0.29, 0.717) is 19.4 Å². The number of benzene rings is 1. The predicted octanol–water partition coefficient (Wildman–Crippen LogP) is 3.45. The summed E-state index contributed by atoms with van der Waals surface area (Å²) < 4.78 is 11.9. The third-order valence-electron chi connectivity index (χ3n) is 10.8. The normalized spacial score (nSPS) is 19.2. The van der Waals surface area contributed by atoms with Crippen LogP contribution < -0.4 is 10.6 Å². The number of aliphatic carboxylic acids is 1. The van der Waals surface area contributed by atoms with Crippen molar-refractivity contribution in [3.63, 3.8) is 0 Å². The maximum Gasteiger partial charge on any atom is 0.326 e. The van der Waals surface area contributed by atoms with Crippen molar-refractivity contribution in [1.82, 2.24) is 25.3 Å². The molecule has 300 valence electrons. The fourth-order valence-corrected chi connectivity index (χ4v) is 7.76. The van der Waals surface area contributed by atoms with Gasteiger partial charge in [0.1, 0.15) is 12.1 Å². The number of hydrogen-bond acceptors (Lipinski definition) is 8. The monoisotopic (exact) mass is 745 g/mol. The van der Waals surface area contributed by atoms with Gasteiger partial charge in [-0.25, -0.2) is 4.79 Å². The zero-order chi connectivity index (χ0) is 40.2. The summed E-state index contributed by atoms with van der Waals surface area (Å²) in [7, 11) is 8.44. The molecule has 2 rings (SSSR count). The van der Waals surface area contributed by atoms with Gasteiger partial charge in [-0.3, -0.25) is 24.1 Å². The van der Waals surface area contributed by atoms with Crippen molar-refractivity contribution in [3.05, 3.63) is 35.9 Å². The second-order valence-electron chi connectivity index (χ2n) is 15.6. The van der Waals surface area contributed by atoms with Crippen LogP contribution in [0, 0.1) is 23.7 Å². The van der Waals surface area contributed by atoms with Crippen molar-refractivity contribution < 1.29 is 38.6 Å². The van der Waals surface area contributed by atoms with Crippen molar-refractivity contribution in [1.29, 1.82) is 0 Å². The first-order chi connectivity index (χ1) is 24.9. The number of methoxy groups -OCH3 is 2. The highest BCUT2D eigenvalue weighted by atomic mass is 16.5. The molecule has 0 radical (unpaired) electrons. The van der Waals surface area contributed by atoms with E-state index in [1.54, 1.807) is 23.8 Å². The van der Waals surface area contributed by atoms with Gasteiger partial charge in [-0.15, -0.1) is 0 Å². The SMILES string of the molecule is CC[C@H](C)C([C@@H](CC(=O)N1CCC[C@H]1[C@H](OC)[C@@H](C)C(=O)NC(Cc1ccccc1)C(=O)O)OC)N(C)C(=O)[C@@H](NC(=O)C(C(C)C)N(C)C)C(C)C. The molecule has 13 heteroatoms. The van der Waals surface area contributed by atoms with Crippen LogP contribution in [0.5, 0.6) is 0 Å². The number of ether oxygens (including phenoxy) is 2. The lowest BCUT2D eigenvalue weighted by molar-refractivity contribution is -0.148. The van der Waals surface area contributed by atoms with Gasteiger partial charge in [0, 0.05) is 34.2 Å². The molecular weight excluding hydrogens is 678 g/mol. The topological polar surface area (TPSA) is 158 Å². The minimum atomic E-state index is -1.14. The van der Waals surface area contributed by atoms with Gasteiger partial charge in [0.25, 0.3) is 0 Å². The van der Waals surface area contributed by atoms with Gasteiger partial charge in [-0.05, 0) is 50.3 Å². The van der Waals surface area contributed by atoms with Crippen LogP contribution in [0.2, 0.25) is 0 Å². The zero-order valence-corrected chi connectivity index (χ0v) is 34.1. The maximum atomic E-state index is 14.2. The first-order valence-electron chi connectivity index (χ1n) is 19.1. The number of carbonyl (C=O) groups excluding carboxylic acids is 4. The highest BCUT2D eigenvalue weighted by molar-refractivity contribution is 5.90. The number of likely N-dealkylation sites (tertiary alicyclic amines) is 1. The number of carboxylic acid groups (broad SMARTS) is 1. The molecule has 1 saturated heterocycles. The van der Waals surface area contributed by atoms with Crippen molar-refractivity contribution in [3.8, 4) is 0 Å². The van der Waals surface area contributed by atoms with Crippen LogP contribution in [-0.2, 0) is 39.9 Å². The molecule has 13 nitrogen and oxygen atoms in total. The highest BCUT2D eigenvalue weighted by Crippen LogP contribution is 2.30. The van der Waals surface area contributed by atoms with E-state index in [-0.39, 0.29) is 48.3 Å². The summed E-state index contributed by atoms with van der Waals surface area (Å²) in [4.78, 5) is 72.5. The molecule has 1 aliphatic rings. The molecule has 0 spiro atoms. The molecule has 1 aromatic carbocycles. The second kappa shape index (κ2) is 21.4. The number of nitrogens with one attached hydrogen (secondary N) is 2. The fraction of sp³-hybridized carbons (Fsp3) is 0.725. The van der Waals surface area contributed by atoms with Crippen LogP contribution in [0.3, 0.4) is 0 Å². The number of nitrogens with zero attached hydrogens (tertiary/aromatic N) is 3. The summed E-state index contributed by atoms with van der Waals surface area (Å²) in [5.74, 6) is -3.21. The zero-order valence-electron chi connectivity index (χ0n) is 34.1. The van der Waals surface area contributed by atoms with E-state index in [9.17, 15) is 29.1 Å². The van der Waals surface area contributed by atoms with E-state index >= 15 is 0 Å². The molecule has 9 atom stereocenters. The smallest absolute Gasteiger partial charge is 0.326 e. The first-order valence-corrected chi connectivity index (χ1v) is 19.1. The number of hydrogen-bond donors (Lipinski definition) is 3. The molecular formula is C40H67N5O8. The Morgan fingerprint density at radius 2 is 1.53 bits per heavy atom. The lowest BCUT2D eigenvalue weighted by Crippen LogP contribution is -2.59. The highest BCUT2D eigenvalue weighted by Gasteiger charge is 2.43. The average molecular weight is 746 g/mol. The van der Waals surface area contributed by atoms with Crippen LogP contribution in [0.4, 0.5) is 0 Å². The number of amides is 4. The molecule has 0 aliphatic carbocycles. The molecule has 0 saturated carbocycles. The molecule has 0 bridgehead atoms. The minimum absolute atomic E-state index is 0.0104. The van der Waals surface area contributed by atoms with Crippen LogP contribution in [-0.4, -0.2) is 134 Å². The maximum absolute atomic E-state index is 14.2. The van der Waals surface area contributed by atoms with E-state index in [2.05, 4.69) is 10.6 Å². The van der Waals surface area contributed by atoms with E-state index in [1.165, 1.54) is 14.2 Å². The Morgan fingerprint density at radius 1 is 0.906 bits per heavy atom. The Hall–Kier alpha value is -3.55. The molecule has 0 aromatic heterocycles. The summed E-state index contributed by atoms with van der Waals surface area (Å²) in [5, 5.41) is 15.6. The Morgan fingerprint density at radius 3 is 2.02 bits per heavy atom. The number of likely N-dealkylation sites (N-methyl/N-ethyl adjacent to an activating group) is 2. The largest absolute Gasteiger partial charge is 0.480 e. The van der Waals surface area contributed by atoms with E-state index in [1.807, 2.05) is 90.9 Å². The predicted molar refractivity (Wildman–Crippen MR) is 205 cm³/mol. The minimum Gasteiger partial charge on any atom is -0.480 e. The molecule has 1 aromatic rings. The summed E-state index contributed by atoms with van der Waals surface area (Å²) in [6.07, 6.45) is 0.820. The Balaban J connectivity index is 2.27. The summed E-state index contributed by atoms with van der Waals surface area (Å²) in [6.45, 7) is 13.9. The summed E-state index contributed by atoms with van der Waals surface area (Å²) >= 11 is 0. The number of carboxylic acids is 1. The molecule has 1 heterocycles. The fourth-order valence-electron chi connectivity index (χ4n) is 7.76. The van der Waals surface area contributed by atoms with Gasteiger partial charge >= 0.3 is 5.97 Å². The van der Waals surface area contributed by atoms with Gasteiger partial charge in [0.15, 0.2) is 0 Å². The lowest BCUT2D eigenvalue weighted by Gasteiger charge is -2.41. The standard InChI is InChI=1S/C40H67N5O8/c1-13-26(6)35(44(10)39(49)33(24(2)3)42-38(48)34(25(4)5)43(8)9)31(52-11)23-32(46)45-21-17-20-30(45)36(53-12)27(7)37(47)41-29(40(50)51)22-28-18-15-14-16-19-28/h14-16,18-19,24-27,29-31,33-36H,13,17,20-23H2,1-12H3,(H,41,47)(H,42,48)(H,50,51)/t26-,27+,29?,30-,31+,33-,34?,35?,36+/m0/s1. The van der Waals surface area contributed by atoms with Crippen LogP contribution in [0.15, 0.2) is 30.3 Å². The molecule has 3 unspecified atom stereocenters. The second-order valence-corrected chi connectivity index (χ2v) is 15.6. The summed E-state index contributed by atoms with van der Waals surface area (Å²) in [6, 6.07) is 5.89.